The van der Waals surface area contributed by atoms with Gasteiger partial charge in [0.15, 0.2) is 0 Å². The highest BCUT2D eigenvalue weighted by molar-refractivity contribution is 5.87. The molecule has 2 aromatic rings. The highest BCUT2D eigenvalue weighted by Crippen LogP contribution is 2.36. The van der Waals surface area contributed by atoms with Crippen molar-refractivity contribution in [2.24, 2.45) is 0 Å². The van der Waals surface area contributed by atoms with E-state index in [-0.39, 0.29) is 12.0 Å². The second kappa shape index (κ2) is 10.2. The number of hydrogen-bond acceptors (Lipinski definition) is 4. The number of allylic oxidation sites excluding steroid dienone is 1. The molecule has 0 saturated carbocycles. The fraction of sp³-hybridized carbons (Fsp3) is 0.261. The van der Waals surface area contributed by atoms with E-state index in [9.17, 15) is 9.90 Å². The maximum absolute atomic E-state index is 11.7. The van der Waals surface area contributed by atoms with Gasteiger partial charge in [-0.05, 0) is 56.2 Å². The summed E-state index contributed by atoms with van der Waals surface area (Å²) < 4.78 is 11.5. The zero-order valence-electron chi connectivity index (χ0n) is 16.6. The number of benzene rings is 2. The summed E-state index contributed by atoms with van der Waals surface area (Å²) in [5.41, 5.74) is 3.50. The molecule has 2 aromatic carbocycles. The van der Waals surface area contributed by atoms with Crippen molar-refractivity contribution in [1.29, 1.82) is 0 Å². The number of ether oxygens (including phenoxy) is 2. The average molecular weight is 381 g/mol. The molecule has 0 saturated heterocycles. The molecule has 0 aliphatic heterocycles. The lowest BCUT2D eigenvalue weighted by Gasteiger charge is -2.17. The Hall–Kier alpha value is -3.21. The third kappa shape index (κ3) is 5.64. The Labute approximate surface area is 166 Å². The number of nitrogens with one attached hydrogen (secondary N) is 1. The summed E-state index contributed by atoms with van der Waals surface area (Å²) >= 11 is 0. The topological polar surface area (TPSA) is 67.8 Å². The minimum absolute atomic E-state index is 0.228. The number of anilines is 1. The Kier molecular flexibility index (Phi) is 7.69. The smallest absolute Gasteiger partial charge is 0.333 e. The van der Waals surface area contributed by atoms with E-state index in [2.05, 4.69) is 11.9 Å². The van der Waals surface area contributed by atoms with Crippen LogP contribution in [0.4, 0.5) is 5.69 Å². The molecule has 0 aliphatic rings. The van der Waals surface area contributed by atoms with E-state index in [0.29, 0.717) is 24.7 Å². The molecule has 0 amide bonds. The standard InChI is InChI=1S/C23H27NO4/c1-5-27-20-13-17(14-21(28-6-2)22(20)16(3)4)12-18(23(25)26)15-24-19-10-8-7-9-11-19/h7-11,13-15,24H,3,5-6,12H2,1-2,4H3,(H,25,26). The van der Waals surface area contributed by atoms with E-state index >= 15 is 0 Å². The van der Waals surface area contributed by atoms with Gasteiger partial charge < -0.3 is 19.9 Å². The van der Waals surface area contributed by atoms with E-state index in [4.69, 9.17) is 9.47 Å². The first-order chi connectivity index (χ1) is 13.5. The van der Waals surface area contributed by atoms with Crippen LogP contribution in [-0.2, 0) is 11.2 Å². The largest absolute Gasteiger partial charge is 0.493 e. The summed E-state index contributed by atoms with van der Waals surface area (Å²) in [4.78, 5) is 11.7. The number of rotatable bonds is 10. The van der Waals surface area contributed by atoms with Crippen LogP contribution >= 0.6 is 0 Å². The minimum Gasteiger partial charge on any atom is -0.493 e. The van der Waals surface area contributed by atoms with Crippen molar-refractivity contribution < 1.29 is 19.4 Å². The average Bonchev–Trinajstić information content (AvgIpc) is 2.66. The molecule has 5 heteroatoms. The van der Waals surface area contributed by atoms with E-state index in [1.807, 2.05) is 63.2 Å². The lowest BCUT2D eigenvalue weighted by Crippen LogP contribution is -2.08. The van der Waals surface area contributed by atoms with Gasteiger partial charge in [-0.2, -0.15) is 0 Å². The van der Waals surface area contributed by atoms with Gasteiger partial charge in [0.25, 0.3) is 0 Å². The van der Waals surface area contributed by atoms with Gasteiger partial charge in [0, 0.05) is 18.3 Å². The Balaban J connectivity index is 2.38. The Morgan fingerprint density at radius 3 is 2.14 bits per heavy atom. The predicted molar refractivity (Wildman–Crippen MR) is 113 cm³/mol. The first kappa shape index (κ1) is 21.1. The van der Waals surface area contributed by atoms with E-state index in [1.165, 1.54) is 6.20 Å². The van der Waals surface area contributed by atoms with Crippen molar-refractivity contribution >= 4 is 17.2 Å². The van der Waals surface area contributed by atoms with Crippen LogP contribution in [0.1, 0.15) is 31.9 Å². The lowest BCUT2D eigenvalue weighted by molar-refractivity contribution is -0.132. The number of para-hydroxylation sites is 1. The predicted octanol–water partition coefficient (Wildman–Crippen LogP) is 5.14. The van der Waals surface area contributed by atoms with Crippen LogP contribution in [0.5, 0.6) is 11.5 Å². The van der Waals surface area contributed by atoms with Gasteiger partial charge in [0.1, 0.15) is 11.5 Å². The van der Waals surface area contributed by atoms with Gasteiger partial charge >= 0.3 is 5.97 Å². The van der Waals surface area contributed by atoms with Crippen LogP contribution in [0.15, 0.2) is 60.8 Å². The molecule has 0 atom stereocenters. The van der Waals surface area contributed by atoms with Crippen molar-refractivity contribution in [1.82, 2.24) is 0 Å². The molecule has 28 heavy (non-hydrogen) atoms. The molecule has 148 valence electrons. The van der Waals surface area contributed by atoms with Gasteiger partial charge in [-0.25, -0.2) is 4.79 Å². The SMILES string of the molecule is C=C(C)c1c(OCC)cc(CC(=CNc2ccccc2)C(=O)O)cc1OCC. The summed E-state index contributed by atoms with van der Waals surface area (Å²) in [5, 5.41) is 12.7. The van der Waals surface area contributed by atoms with Gasteiger partial charge in [-0.15, -0.1) is 0 Å². The first-order valence-electron chi connectivity index (χ1n) is 9.28. The van der Waals surface area contributed by atoms with Gasteiger partial charge in [0.2, 0.25) is 0 Å². The monoisotopic (exact) mass is 381 g/mol. The minimum atomic E-state index is -0.983. The van der Waals surface area contributed by atoms with E-state index in [1.54, 1.807) is 0 Å². The Bertz CT molecular complexity index is 829. The molecular formula is C23H27NO4. The molecule has 0 heterocycles. The van der Waals surface area contributed by atoms with Crippen molar-refractivity contribution in [3.63, 3.8) is 0 Å². The second-order valence-electron chi connectivity index (χ2n) is 6.28. The molecule has 0 fully saturated rings. The number of hydrogen-bond donors (Lipinski definition) is 2. The highest BCUT2D eigenvalue weighted by atomic mass is 16.5. The van der Waals surface area contributed by atoms with Crippen LogP contribution in [0, 0.1) is 0 Å². The number of aliphatic carboxylic acids is 1. The van der Waals surface area contributed by atoms with Crippen LogP contribution in [0.2, 0.25) is 0 Å². The number of carboxylic acid groups (broad SMARTS) is 1. The molecule has 5 nitrogen and oxygen atoms in total. The Morgan fingerprint density at radius 1 is 1.11 bits per heavy atom. The first-order valence-corrected chi connectivity index (χ1v) is 9.28. The fourth-order valence-corrected chi connectivity index (χ4v) is 2.82. The summed E-state index contributed by atoms with van der Waals surface area (Å²) in [6.07, 6.45) is 1.75. The van der Waals surface area contributed by atoms with Crippen molar-refractivity contribution in [2.45, 2.75) is 27.2 Å². The van der Waals surface area contributed by atoms with Crippen molar-refractivity contribution in [3.8, 4) is 11.5 Å². The van der Waals surface area contributed by atoms with Crippen LogP contribution in [0.25, 0.3) is 5.57 Å². The van der Waals surface area contributed by atoms with Gasteiger partial charge in [-0.1, -0.05) is 24.8 Å². The van der Waals surface area contributed by atoms with Crippen molar-refractivity contribution in [3.05, 3.63) is 71.9 Å². The summed E-state index contributed by atoms with van der Waals surface area (Å²) in [6.45, 7) is 10.7. The quantitative estimate of drug-likeness (QED) is 0.558. The molecular weight excluding hydrogens is 354 g/mol. The number of carboxylic acids is 1. The van der Waals surface area contributed by atoms with Crippen LogP contribution in [-0.4, -0.2) is 24.3 Å². The summed E-state index contributed by atoms with van der Waals surface area (Å²) in [6, 6.07) is 13.1. The number of carbonyl (C=O) groups is 1. The molecule has 0 aliphatic carbocycles. The summed E-state index contributed by atoms with van der Waals surface area (Å²) in [7, 11) is 0. The zero-order valence-corrected chi connectivity index (χ0v) is 16.6. The lowest BCUT2D eigenvalue weighted by atomic mass is 9.99. The second-order valence-corrected chi connectivity index (χ2v) is 6.28. The zero-order chi connectivity index (χ0) is 20.5. The van der Waals surface area contributed by atoms with E-state index < -0.39 is 5.97 Å². The van der Waals surface area contributed by atoms with Crippen LogP contribution in [0.3, 0.4) is 0 Å². The van der Waals surface area contributed by atoms with E-state index in [0.717, 1.165) is 22.4 Å². The molecule has 2 N–H and O–H groups in total. The molecule has 0 unspecified atom stereocenters. The molecule has 0 aromatic heterocycles. The molecule has 2 rings (SSSR count). The highest BCUT2D eigenvalue weighted by Gasteiger charge is 2.17. The molecule has 0 bridgehead atoms. The summed E-state index contributed by atoms with van der Waals surface area (Å²) in [5.74, 6) is 0.316. The fourth-order valence-electron chi connectivity index (χ4n) is 2.82. The van der Waals surface area contributed by atoms with Crippen LogP contribution < -0.4 is 14.8 Å². The molecule has 0 radical (unpaired) electrons. The third-order valence-corrected chi connectivity index (χ3v) is 4.01. The Morgan fingerprint density at radius 2 is 1.68 bits per heavy atom. The van der Waals surface area contributed by atoms with Gasteiger partial charge in [-0.3, -0.25) is 0 Å². The molecule has 0 spiro atoms. The third-order valence-electron chi connectivity index (χ3n) is 4.01. The maximum Gasteiger partial charge on any atom is 0.333 e. The van der Waals surface area contributed by atoms with Gasteiger partial charge in [0.05, 0.1) is 24.4 Å². The normalized spacial score (nSPS) is 11.0. The van der Waals surface area contributed by atoms with Crippen molar-refractivity contribution in [2.75, 3.05) is 18.5 Å². The maximum atomic E-state index is 11.7.